The number of nitrogens with one attached hydrogen (secondary N) is 2. The number of carbonyl (C=O) groups excluding carboxylic acids is 1. The molecule has 1 heterocycles. The first-order chi connectivity index (χ1) is 12.7. The highest BCUT2D eigenvalue weighted by atomic mass is 16.7. The van der Waals surface area contributed by atoms with Crippen molar-refractivity contribution < 1.29 is 19.0 Å². The number of nitrogens with zero attached hydrogens (tertiary/aromatic N) is 1. The van der Waals surface area contributed by atoms with Crippen LogP contribution in [0, 0.1) is 11.3 Å². The Kier molecular flexibility index (Phi) is 5.25. The van der Waals surface area contributed by atoms with E-state index < -0.39 is 5.91 Å². The number of anilines is 1. The molecule has 0 saturated carbocycles. The largest absolute Gasteiger partial charge is 0.497 e. The molecule has 7 heteroatoms. The van der Waals surface area contributed by atoms with Gasteiger partial charge in [-0.3, -0.25) is 4.79 Å². The molecule has 0 aliphatic carbocycles. The summed E-state index contributed by atoms with van der Waals surface area (Å²) in [5.41, 5.74) is 1.49. The number of hydrogen-bond acceptors (Lipinski definition) is 6. The van der Waals surface area contributed by atoms with Crippen molar-refractivity contribution in [1.29, 1.82) is 5.26 Å². The monoisotopic (exact) mass is 351 g/mol. The predicted molar refractivity (Wildman–Crippen MR) is 94.7 cm³/mol. The molecule has 0 aromatic heterocycles. The number of carbonyl (C=O) groups is 1. The van der Waals surface area contributed by atoms with Crippen molar-refractivity contribution in [2.24, 2.45) is 0 Å². The van der Waals surface area contributed by atoms with Crippen molar-refractivity contribution >= 4 is 11.6 Å². The van der Waals surface area contributed by atoms with Gasteiger partial charge in [0.25, 0.3) is 5.91 Å². The predicted octanol–water partition coefficient (Wildman–Crippen LogP) is 2.56. The second-order valence-electron chi connectivity index (χ2n) is 5.42. The Morgan fingerprint density at radius 1 is 1.23 bits per heavy atom. The van der Waals surface area contributed by atoms with Crippen molar-refractivity contribution in [3.05, 3.63) is 59.8 Å². The molecule has 2 N–H and O–H groups in total. The number of hydrogen-bond donors (Lipinski definition) is 2. The molecule has 3 rings (SSSR count). The fourth-order valence-electron chi connectivity index (χ4n) is 2.34. The molecule has 132 valence electrons. The number of fused-ring (bicyclic) bond motifs is 1. The molecule has 1 aliphatic rings. The standard InChI is InChI=1S/C19H17N3O4/c1-24-16-5-3-15(4-6-16)22-19(23)14(9-20)11-21-10-13-2-7-17-18(8-13)26-12-25-17/h2-8,11,21H,10,12H2,1H3,(H,22,23)/b14-11-. The summed E-state index contributed by atoms with van der Waals surface area (Å²) in [6.07, 6.45) is 1.39. The Bertz CT molecular complexity index is 869. The van der Waals surface area contributed by atoms with Gasteiger partial charge in [0.2, 0.25) is 6.79 Å². The lowest BCUT2D eigenvalue weighted by atomic mass is 10.2. The van der Waals surface area contributed by atoms with E-state index in [-0.39, 0.29) is 12.4 Å². The molecule has 0 atom stereocenters. The van der Waals surface area contributed by atoms with E-state index in [0.717, 1.165) is 5.56 Å². The Hall–Kier alpha value is -3.66. The van der Waals surface area contributed by atoms with Gasteiger partial charge in [-0.15, -0.1) is 0 Å². The van der Waals surface area contributed by atoms with E-state index in [2.05, 4.69) is 10.6 Å². The minimum atomic E-state index is -0.490. The Balaban J connectivity index is 1.58. The van der Waals surface area contributed by atoms with Crippen LogP contribution >= 0.6 is 0 Å². The van der Waals surface area contributed by atoms with Gasteiger partial charge in [-0.25, -0.2) is 0 Å². The number of benzene rings is 2. The molecule has 0 spiro atoms. The number of methoxy groups -OCH3 is 1. The normalized spacial score (nSPS) is 12.2. The maximum absolute atomic E-state index is 12.2. The van der Waals surface area contributed by atoms with Crippen LogP contribution in [0.25, 0.3) is 0 Å². The lowest BCUT2D eigenvalue weighted by molar-refractivity contribution is -0.112. The highest BCUT2D eigenvalue weighted by molar-refractivity contribution is 6.06. The lowest BCUT2D eigenvalue weighted by Gasteiger charge is -2.07. The third-order valence-electron chi connectivity index (χ3n) is 3.70. The summed E-state index contributed by atoms with van der Waals surface area (Å²) in [5, 5.41) is 14.8. The molecule has 2 aromatic rings. The first kappa shape index (κ1) is 17.2. The topological polar surface area (TPSA) is 92.6 Å². The van der Waals surface area contributed by atoms with Crippen LogP contribution in [0.2, 0.25) is 0 Å². The molecule has 1 amide bonds. The minimum Gasteiger partial charge on any atom is -0.497 e. The third-order valence-corrected chi connectivity index (χ3v) is 3.70. The molecular formula is C19H17N3O4. The van der Waals surface area contributed by atoms with Crippen LogP contribution in [-0.2, 0) is 11.3 Å². The first-order valence-electron chi connectivity index (χ1n) is 7.87. The van der Waals surface area contributed by atoms with Crippen molar-refractivity contribution in [3.63, 3.8) is 0 Å². The van der Waals surface area contributed by atoms with Crippen LogP contribution in [0.5, 0.6) is 17.2 Å². The van der Waals surface area contributed by atoms with Crippen molar-refractivity contribution in [1.82, 2.24) is 5.32 Å². The quantitative estimate of drug-likeness (QED) is 0.614. The van der Waals surface area contributed by atoms with Gasteiger partial charge in [-0.1, -0.05) is 6.07 Å². The summed E-state index contributed by atoms with van der Waals surface area (Å²) in [5.74, 6) is 1.59. The van der Waals surface area contributed by atoms with E-state index in [0.29, 0.717) is 29.5 Å². The lowest BCUT2D eigenvalue weighted by Crippen LogP contribution is -2.16. The Morgan fingerprint density at radius 2 is 2.00 bits per heavy atom. The van der Waals surface area contributed by atoms with Gasteiger partial charge in [-0.05, 0) is 42.0 Å². The molecule has 2 aromatic carbocycles. The van der Waals surface area contributed by atoms with E-state index in [9.17, 15) is 10.1 Å². The summed E-state index contributed by atoms with van der Waals surface area (Å²) >= 11 is 0. The van der Waals surface area contributed by atoms with E-state index in [1.54, 1.807) is 31.4 Å². The van der Waals surface area contributed by atoms with Gasteiger partial charge < -0.3 is 24.8 Å². The summed E-state index contributed by atoms with van der Waals surface area (Å²) in [6.45, 7) is 0.661. The van der Waals surface area contributed by atoms with E-state index in [1.807, 2.05) is 24.3 Å². The highest BCUT2D eigenvalue weighted by Crippen LogP contribution is 2.32. The number of nitriles is 1. The van der Waals surface area contributed by atoms with Crippen molar-refractivity contribution in [2.75, 3.05) is 19.2 Å². The van der Waals surface area contributed by atoms with Gasteiger partial charge in [-0.2, -0.15) is 5.26 Å². The number of ether oxygens (including phenoxy) is 3. The van der Waals surface area contributed by atoms with Gasteiger partial charge in [0, 0.05) is 18.4 Å². The SMILES string of the molecule is COc1ccc(NC(=O)/C(C#N)=C\NCc2ccc3c(c2)OCO3)cc1. The molecule has 0 radical (unpaired) electrons. The van der Waals surface area contributed by atoms with Crippen LogP contribution in [-0.4, -0.2) is 19.8 Å². The molecule has 0 unspecified atom stereocenters. The van der Waals surface area contributed by atoms with E-state index in [1.165, 1.54) is 6.20 Å². The van der Waals surface area contributed by atoms with Crippen LogP contribution in [0.1, 0.15) is 5.56 Å². The minimum absolute atomic E-state index is 0.0263. The third kappa shape index (κ3) is 4.05. The maximum atomic E-state index is 12.2. The smallest absolute Gasteiger partial charge is 0.267 e. The number of rotatable bonds is 6. The molecule has 0 saturated heterocycles. The van der Waals surface area contributed by atoms with Crippen LogP contribution in [0.4, 0.5) is 5.69 Å². The van der Waals surface area contributed by atoms with Gasteiger partial charge >= 0.3 is 0 Å². The summed E-state index contributed by atoms with van der Waals surface area (Å²) in [4.78, 5) is 12.2. The fraction of sp³-hybridized carbons (Fsp3) is 0.158. The zero-order valence-electron chi connectivity index (χ0n) is 14.1. The average molecular weight is 351 g/mol. The van der Waals surface area contributed by atoms with E-state index in [4.69, 9.17) is 14.2 Å². The first-order valence-corrected chi connectivity index (χ1v) is 7.87. The van der Waals surface area contributed by atoms with Gasteiger partial charge in [0.1, 0.15) is 17.4 Å². The van der Waals surface area contributed by atoms with Crippen molar-refractivity contribution in [2.45, 2.75) is 6.54 Å². The maximum Gasteiger partial charge on any atom is 0.267 e. The van der Waals surface area contributed by atoms with Crippen molar-refractivity contribution in [3.8, 4) is 23.3 Å². The van der Waals surface area contributed by atoms with Gasteiger partial charge in [0.15, 0.2) is 11.5 Å². The molecular weight excluding hydrogens is 334 g/mol. The number of amides is 1. The molecule has 0 fully saturated rings. The fourth-order valence-corrected chi connectivity index (χ4v) is 2.34. The molecule has 7 nitrogen and oxygen atoms in total. The summed E-state index contributed by atoms with van der Waals surface area (Å²) in [7, 11) is 1.57. The molecule has 1 aliphatic heterocycles. The second-order valence-corrected chi connectivity index (χ2v) is 5.42. The Morgan fingerprint density at radius 3 is 2.73 bits per heavy atom. The second kappa shape index (κ2) is 7.94. The Labute approximate surface area is 150 Å². The van der Waals surface area contributed by atoms with Gasteiger partial charge in [0.05, 0.1) is 7.11 Å². The average Bonchev–Trinajstić information content (AvgIpc) is 3.13. The van der Waals surface area contributed by atoms with Crippen LogP contribution in [0.3, 0.4) is 0 Å². The highest BCUT2D eigenvalue weighted by Gasteiger charge is 2.13. The molecule has 26 heavy (non-hydrogen) atoms. The van der Waals surface area contributed by atoms with E-state index >= 15 is 0 Å². The zero-order valence-corrected chi connectivity index (χ0v) is 14.1. The zero-order chi connectivity index (χ0) is 18.4. The molecule has 0 bridgehead atoms. The van der Waals surface area contributed by atoms with Crippen LogP contribution in [0.15, 0.2) is 54.2 Å². The summed E-state index contributed by atoms with van der Waals surface area (Å²) < 4.78 is 15.6. The summed E-state index contributed by atoms with van der Waals surface area (Å²) in [6, 6.07) is 14.3. The van der Waals surface area contributed by atoms with Crippen LogP contribution < -0.4 is 24.8 Å².